The third-order valence-corrected chi connectivity index (χ3v) is 3.31. The van der Waals surface area contributed by atoms with Crippen molar-refractivity contribution in [3.8, 4) is 0 Å². The van der Waals surface area contributed by atoms with Crippen molar-refractivity contribution in [3.05, 3.63) is 0 Å². The van der Waals surface area contributed by atoms with Gasteiger partial charge in [-0.25, -0.2) is 0 Å². The number of unbranched alkanes of at least 4 members (excludes halogenated alkanes) is 1. The standard InChI is InChI=1S/C14H29N3.HI/c1-4-7-8-12(5-2)11-16-14(15-6-3)17-13-9-10-13;/h12-13H,4-11H2,1-3H3,(H2,15,16,17);1H. The summed E-state index contributed by atoms with van der Waals surface area (Å²) >= 11 is 0. The molecule has 0 amide bonds. The molecule has 0 aromatic heterocycles. The molecule has 1 rings (SSSR count). The quantitative estimate of drug-likeness (QED) is 0.391. The summed E-state index contributed by atoms with van der Waals surface area (Å²) < 4.78 is 0. The van der Waals surface area contributed by atoms with E-state index in [0.717, 1.165) is 25.0 Å². The van der Waals surface area contributed by atoms with Crippen molar-refractivity contribution >= 4 is 29.9 Å². The van der Waals surface area contributed by atoms with Crippen LogP contribution in [0.25, 0.3) is 0 Å². The van der Waals surface area contributed by atoms with Crippen LogP contribution in [0.5, 0.6) is 0 Å². The lowest BCUT2D eigenvalue weighted by atomic mass is 10.00. The van der Waals surface area contributed by atoms with Gasteiger partial charge in [0.05, 0.1) is 0 Å². The van der Waals surface area contributed by atoms with E-state index in [1.807, 2.05) is 0 Å². The SMILES string of the molecule is CCCCC(CC)CN=C(NCC)NC1CC1.I. The Morgan fingerprint density at radius 3 is 2.50 bits per heavy atom. The minimum Gasteiger partial charge on any atom is -0.357 e. The normalized spacial score (nSPS) is 16.9. The van der Waals surface area contributed by atoms with Gasteiger partial charge in [-0.15, -0.1) is 24.0 Å². The molecule has 0 radical (unpaired) electrons. The monoisotopic (exact) mass is 367 g/mol. The van der Waals surface area contributed by atoms with Crippen molar-refractivity contribution in [1.29, 1.82) is 0 Å². The Labute approximate surface area is 130 Å². The average molecular weight is 367 g/mol. The molecule has 18 heavy (non-hydrogen) atoms. The van der Waals surface area contributed by atoms with Gasteiger partial charge in [-0.3, -0.25) is 4.99 Å². The zero-order chi connectivity index (χ0) is 12.5. The van der Waals surface area contributed by atoms with Gasteiger partial charge in [-0.1, -0.05) is 33.1 Å². The summed E-state index contributed by atoms with van der Waals surface area (Å²) in [7, 11) is 0. The van der Waals surface area contributed by atoms with Gasteiger partial charge >= 0.3 is 0 Å². The first-order valence-electron chi connectivity index (χ1n) is 7.34. The Morgan fingerprint density at radius 2 is 2.00 bits per heavy atom. The van der Waals surface area contributed by atoms with Crippen molar-refractivity contribution in [3.63, 3.8) is 0 Å². The summed E-state index contributed by atoms with van der Waals surface area (Å²) in [5.74, 6) is 1.77. The molecule has 1 saturated carbocycles. The minimum atomic E-state index is 0. The second-order valence-corrected chi connectivity index (χ2v) is 5.05. The number of nitrogens with one attached hydrogen (secondary N) is 2. The number of halogens is 1. The lowest BCUT2D eigenvalue weighted by Gasteiger charge is -2.14. The highest BCUT2D eigenvalue weighted by molar-refractivity contribution is 14.0. The first-order valence-corrected chi connectivity index (χ1v) is 7.34. The van der Waals surface area contributed by atoms with Crippen molar-refractivity contribution < 1.29 is 0 Å². The molecular formula is C14H30IN3. The summed E-state index contributed by atoms with van der Waals surface area (Å²) in [6.45, 7) is 8.58. The number of nitrogens with zero attached hydrogens (tertiary/aromatic N) is 1. The lowest BCUT2D eigenvalue weighted by molar-refractivity contribution is 0.461. The molecule has 1 aliphatic carbocycles. The molecule has 0 heterocycles. The Hall–Kier alpha value is 0. The fraction of sp³-hybridized carbons (Fsp3) is 0.929. The number of hydrogen-bond acceptors (Lipinski definition) is 1. The van der Waals surface area contributed by atoms with Gasteiger partial charge < -0.3 is 10.6 Å². The molecule has 4 heteroatoms. The van der Waals surface area contributed by atoms with Crippen LogP contribution in [0.1, 0.15) is 59.3 Å². The molecule has 0 aliphatic heterocycles. The molecule has 0 aromatic rings. The second-order valence-electron chi connectivity index (χ2n) is 5.05. The van der Waals surface area contributed by atoms with Crippen LogP contribution in [0.2, 0.25) is 0 Å². The number of hydrogen-bond donors (Lipinski definition) is 2. The van der Waals surface area contributed by atoms with Crippen molar-refractivity contribution in [2.75, 3.05) is 13.1 Å². The number of guanidine groups is 1. The highest BCUT2D eigenvalue weighted by Gasteiger charge is 2.22. The smallest absolute Gasteiger partial charge is 0.191 e. The van der Waals surface area contributed by atoms with Crippen molar-refractivity contribution in [1.82, 2.24) is 10.6 Å². The van der Waals surface area contributed by atoms with Crippen LogP contribution in [0.3, 0.4) is 0 Å². The minimum absolute atomic E-state index is 0. The zero-order valence-corrected chi connectivity index (χ0v) is 14.5. The molecule has 1 atom stereocenters. The predicted molar refractivity (Wildman–Crippen MR) is 90.9 cm³/mol. The topological polar surface area (TPSA) is 36.4 Å². The largest absolute Gasteiger partial charge is 0.357 e. The fourth-order valence-electron chi connectivity index (χ4n) is 1.88. The number of rotatable bonds is 8. The summed E-state index contributed by atoms with van der Waals surface area (Å²) in [4.78, 5) is 4.71. The van der Waals surface area contributed by atoms with E-state index in [4.69, 9.17) is 4.99 Å². The van der Waals surface area contributed by atoms with Gasteiger partial charge in [0.1, 0.15) is 0 Å². The van der Waals surface area contributed by atoms with Gasteiger partial charge in [-0.2, -0.15) is 0 Å². The Bertz CT molecular complexity index is 227. The van der Waals surface area contributed by atoms with E-state index in [1.54, 1.807) is 0 Å². The van der Waals surface area contributed by atoms with E-state index in [0.29, 0.717) is 6.04 Å². The van der Waals surface area contributed by atoms with Crippen LogP contribution in [0, 0.1) is 5.92 Å². The highest BCUT2D eigenvalue weighted by Crippen LogP contribution is 2.18. The van der Waals surface area contributed by atoms with Gasteiger partial charge in [0, 0.05) is 19.1 Å². The first-order chi connectivity index (χ1) is 8.30. The van der Waals surface area contributed by atoms with E-state index in [2.05, 4.69) is 31.4 Å². The molecule has 0 bridgehead atoms. The van der Waals surface area contributed by atoms with Crippen LogP contribution in [-0.4, -0.2) is 25.1 Å². The maximum atomic E-state index is 4.71. The molecule has 0 aromatic carbocycles. The predicted octanol–water partition coefficient (Wildman–Crippen LogP) is 3.54. The summed E-state index contributed by atoms with van der Waals surface area (Å²) in [6, 6.07) is 0.684. The van der Waals surface area contributed by atoms with Crippen molar-refractivity contribution in [2.45, 2.75) is 65.3 Å². The van der Waals surface area contributed by atoms with E-state index >= 15 is 0 Å². The number of aliphatic imine (C=N–C) groups is 1. The van der Waals surface area contributed by atoms with Crippen LogP contribution < -0.4 is 10.6 Å². The molecule has 1 fully saturated rings. The molecule has 108 valence electrons. The highest BCUT2D eigenvalue weighted by atomic mass is 127. The van der Waals surface area contributed by atoms with Gasteiger partial charge in [0.15, 0.2) is 5.96 Å². The maximum absolute atomic E-state index is 4.71. The molecule has 1 aliphatic rings. The van der Waals surface area contributed by atoms with E-state index < -0.39 is 0 Å². The van der Waals surface area contributed by atoms with Crippen LogP contribution in [-0.2, 0) is 0 Å². The van der Waals surface area contributed by atoms with Gasteiger partial charge in [0.2, 0.25) is 0 Å². The molecule has 0 spiro atoms. The molecule has 2 N–H and O–H groups in total. The zero-order valence-electron chi connectivity index (χ0n) is 12.2. The molecule has 3 nitrogen and oxygen atoms in total. The Kier molecular flexibility index (Phi) is 10.9. The van der Waals surface area contributed by atoms with Gasteiger partial charge in [-0.05, 0) is 32.1 Å². The van der Waals surface area contributed by atoms with Crippen LogP contribution in [0.15, 0.2) is 4.99 Å². The molecular weight excluding hydrogens is 337 g/mol. The van der Waals surface area contributed by atoms with E-state index in [1.165, 1.54) is 38.5 Å². The first kappa shape index (κ1) is 18.0. The second kappa shape index (κ2) is 10.9. The maximum Gasteiger partial charge on any atom is 0.191 e. The van der Waals surface area contributed by atoms with Crippen molar-refractivity contribution in [2.24, 2.45) is 10.9 Å². The third kappa shape index (κ3) is 8.16. The molecule has 0 saturated heterocycles. The van der Waals surface area contributed by atoms with Crippen LogP contribution in [0.4, 0.5) is 0 Å². The lowest BCUT2D eigenvalue weighted by Crippen LogP contribution is -2.38. The van der Waals surface area contributed by atoms with E-state index in [9.17, 15) is 0 Å². The summed E-state index contributed by atoms with van der Waals surface area (Å²) in [6.07, 6.45) is 7.79. The average Bonchev–Trinajstić information content (AvgIpc) is 3.13. The van der Waals surface area contributed by atoms with E-state index in [-0.39, 0.29) is 24.0 Å². The third-order valence-electron chi connectivity index (χ3n) is 3.31. The molecule has 1 unspecified atom stereocenters. The Morgan fingerprint density at radius 1 is 1.28 bits per heavy atom. The van der Waals surface area contributed by atoms with Gasteiger partial charge in [0.25, 0.3) is 0 Å². The fourth-order valence-corrected chi connectivity index (χ4v) is 1.88. The Balaban J connectivity index is 0.00000289. The van der Waals surface area contributed by atoms with Crippen LogP contribution >= 0.6 is 24.0 Å². The summed E-state index contributed by atoms with van der Waals surface area (Å²) in [5, 5.41) is 6.79. The summed E-state index contributed by atoms with van der Waals surface area (Å²) in [5.41, 5.74) is 0.